The zero-order chi connectivity index (χ0) is 10.7. The highest BCUT2D eigenvalue weighted by atomic mass is 16.4. The molecular weight excluding hydrogens is 190 g/mol. The monoisotopic (exact) mass is 205 g/mol. The van der Waals surface area contributed by atoms with E-state index in [9.17, 15) is 0 Å². The zero-order valence-electron chi connectivity index (χ0n) is 8.73. The van der Waals surface area contributed by atoms with E-state index in [4.69, 9.17) is 10.2 Å². The number of rotatable bonds is 4. The Labute approximate surface area is 88.5 Å². The number of hydrogen-bond donors (Lipinski definition) is 2. The Bertz CT molecular complexity index is 403. The number of hydrogen-bond acceptors (Lipinski definition) is 4. The van der Waals surface area contributed by atoms with Crippen LogP contribution in [0.4, 0.5) is 6.01 Å². The smallest absolute Gasteiger partial charge is 0.295 e. The third-order valence-corrected chi connectivity index (χ3v) is 2.17. The molecule has 0 saturated heterocycles. The molecule has 0 spiro atoms. The van der Waals surface area contributed by atoms with Crippen LogP contribution in [0.5, 0.6) is 0 Å². The van der Waals surface area contributed by atoms with E-state index in [0.29, 0.717) is 6.01 Å². The number of aromatic nitrogens is 1. The van der Waals surface area contributed by atoms with Gasteiger partial charge in [0.25, 0.3) is 6.01 Å². The average molecular weight is 205 g/mol. The molecule has 1 atom stereocenters. The molecule has 80 valence electrons. The predicted molar refractivity (Wildman–Crippen MR) is 60.8 cm³/mol. The lowest BCUT2D eigenvalue weighted by Gasteiger charge is -2.03. The molecule has 0 saturated carbocycles. The maximum Gasteiger partial charge on any atom is 0.295 e. The first kappa shape index (κ1) is 9.98. The van der Waals surface area contributed by atoms with E-state index < -0.39 is 0 Å². The minimum absolute atomic E-state index is 0.196. The lowest BCUT2D eigenvalue weighted by atomic mass is 10.2. The van der Waals surface area contributed by atoms with Gasteiger partial charge in [-0.25, -0.2) is 0 Å². The Morgan fingerprint density at radius 2 is 2.27 bits per heavy atom. The molecule has 4 nitrogen and oxygen atoms in total. The van der Waals surface area contributed by atoms with E-state index >= 15 is 0 Å². The van der Waals surface area contributed by atoms with Crippen molar-refractivity contribution in [3.8, 4) is 0 Å². The molecule has 1 aromatic heterocycles. The number of oxazole rings is 1. The first-order valence-corrected chi connectivity index (χ1v) is 5.11. The summed E-state index contributed by atoms with van der Waals surface area (Å²) in [6, 6.07) is 8.46. The molecule has 2 rings (SSSR count). The van der Waals surface area contributed by atoms with Crippen LogP contribution in [0.3, 0.4) is 0 Å². The molecular formula is C11H15N3O. The summed E-state index contributed by atoms with van der Waals surface area (Å²) in [5, 5.41) is 3.11. The molecule has 0 fully saturated rings. The first-order valence-electron chi connectivity index (χ1n) is 5.11. The zero-order valence-corrected chi connectivity index (χ0v) is 8.73. The minimum Gasteiger partial charge on any atom is -0.424 e. The van der Waals surface area contributed by atoms with E-state index in [1.165, 1.54) is 0 Å². The van der Waals surface area contributed by atoms with Crippen LogP contribution in [-0.2, 0) is 0 Å². The molecule has 3 N–H and O–H groups in total. The summed E-state index contributed by atoms with van der Waals surface area (Å²) in [6.07, 6.45) is 0.902. The molecule has 15 heavy (non-hydrogen) atoms. The molecule has 4 heteroatoms. The second-order valence-electron chi connectivity index (χ2n) is 3.68. The fourth-order valence-corrected chi connectivity index (χ4v) is 1.35. The minimum atomic E-state index is 0.196. The number of fused-ring (bicyclic) bond motifs is 1. The van der Waals surface area contributed by atoms with Crippen molar-refractivity contribution in [2.75, 3.05) is 11.9 Å². The molecule has 0 radical (unpaired) electrons. The Kier molecular flexibility index (Phi) is 2.87. The van der Waals surface area contributed by atoms with Crippen molar-refractivity contribution in [2.24, 2.45) is 5.73 Å². The number of benzene rings is 1. The predicted octanol–water partition coefficient (Wildman–Crippen LogP) is 1.98. The molecule has 2 aromatic rings. The summed E-state index contributed by atoms with van der Waals surface area (Å²) in [6.45, 7) is 2.76. The Balaban J connectivity index is 2.03. The van der Waals surface area contributed by atoms with E-state index in [1.807, 2.05) is 31.2 Å². The highest BCUT2D eigenvalue weighted by Crippen LogP contribution is 2.17. The maximum atomic E-state index is 5.64. The van der Waals surface area contributed by atoms with Crippen LogP contribution in [-0.4, -0.2) is 17.6 Å². The molecule has 1 aromatic carbocycles. The average Bonchev–Trinajstić information content (AvgIpc) is 2.59. The summed E-state index contributed by atoms with van der Waals surface area (Å²) in [7, 11) is 0. The van der Waals surface area contributed by atoms with Gasteiger partial charge in [0.05, 0.1) is 0 Å². The Hall–Kier alpha value is -1.55. The fraction of sp³-hybridized carbons (Fsp3) is 0.364. The van der Waals surface area contributed by atoms with E-state index in [1.54, 1.807) is 0 Å². The van der Waals surface area contributed by atoms with Gasteiger partial charge in [0.1, 0.15) is 5.52 Å². The Morgan fingerprint density at radius 1 is 1.47 bits per heavy atom. The van der Waals surface area contributed by atoms with Crippen molar-refractivity contribution in [2.45, 2.75) is 19.4 Å². The maximum absolute atomic E-state index is 5.64. The van der Waals surface area contributed by atoms with Crippen molar-refractivity contribution in [1.29, 1.82) is 0 Å². The van der Waals surface area contributed by atoms with Crippen molar-refractivity contribution in [3.63, 3.8) is 0 Å². The van der Waals surface area contributed by atoms with Gasteiger partial charge in [-0.15, -0.1) is 0 Å². The number of para-hydroxylation sites is 2. The van der Waals surface area contributed by atoms with Crippen molar-refractivity contribution >= 4 is 17.1 Å². The van der Waals surface area contributed by atoms with Gasteiger partial charge in [0.2, 0.25) is 0 Å². The molecule has 0 amide bonds. The van der Waals surface area contributed by atoms with Gasteiger partial charge in [0, 0.05) is 12.6 Å². The standard InChI is InChI=1S/C11H15N3O/c1-8(12)6-7-13-11-14-9-4-2-3-5-10(9)15-11/h2-5,8H,6-7,12H2,1H3,(H,13,14). The summed E-state index contributed by atoms with van der Waals surface area (Å²) < 4.78 is 5.49. The van der Waals surface area contributed by atoms with E-state index in [2.05, 4.69) is 10.3 Å². The van der Waals surface area contributed by atoms with E-state index in [-0.39, 0.29) is 6.04 Å². The third kappa shape index (κ3) is 2.47. The van der Waals surface area contributed by atoms with Crippen LogP contribution >= 0.6 is 0 Å². The summed E-state index contributed by atoms with van der Waals surface area (Å²) in [5.41, 5.74) is 7.32. The topological polar surface area (TPSA) is 64.1 Å². The summed E-state index contributed by atoms with van der Waals surface area (Å²) in [5.74, 6) is 0. The fourth-order valence-electron chi connectivity index (χ4n) is 1.35. The van der Waals surface area contributed by atoms with Crippen LogP contribution in [0.1, 0.15) is 13.3 Å². The van der Waals surface area contributed by atoms with Gasteiger partial charge in [-0.1, -0.05) is 12.1 Å². The first-order chi connectivity index (χ1) is 7.25. The molecule has 1 heterocycles. The lowest BCUT2D eigenvalue weighted by Crippen LogP contribution is -2.19. The van der Waals surface area contributed by atoms with Gasteiger partial charge < -0.3 is 15.5 Å². The van der Waals surface area contributed by atoms with Gasteiger partial charge in [-0.2, -0.15) is 4.98 Å². The van der Waals surface area contributed by atoms with Gasteiger partial charge in [-0.05, 0) is 25.5 Å². The van der Waals surface area contributed by atoms with Crippen LogP contribution in [0, 0.1) is 0 Å². The van der Waals surface area contributed by atoms with Gasteiger partial charge in [0.15, 0.2) is 5.58 Å². The highest BCUT2D eigenvalue weighted by Gasteiger charge is 2.03. The molecule has 0 aliphatic carbocycles. The van der Waals surface area contributed by atoms with Crippen LogP contribution in [0.25, 0.3) is 11.1 Å². The normalized spacial score (nSPS) is 12.9. The Morgan fingerprint density at radius 3 is 3.00 bits per heavy atom. The second-order valence-corrected chi connectivity index (χ2v) is 3.68. The van der Waals surface area contributed by atoms with Gasteiger partial charge in [-0.3, -0.25) is 0 Å². The molecule has 0 bridgehead atoms. The quantitative estimate of drug-likeness (QED) is 0.801. The number of nitrogens with zero attached hydrogens (tertiary/aromatic N) is 1. The molecule has 0 aliphatic heterocycles. The molecule has 1 unspecified atom stereocenters. The van der Waals surface area contributed by atoms with E-state index in [0.717, 1.165) is 24.1 Å². The van der Waals surface area contributed by atoms with Crippen LogP contribution < -0.4 is 11.1 Å². The van der Waals surface area contributed by atoms with Crippen molar-refractivity contribution in [1.82, 2.24) is 4.98 Å². The number of nitrogens with one attached hydrogen (secondary N) is 1. The van der Waals surface area contributed by atoms with Crippen LogP contribution in [0.15, 0.2) is 28.7 Å². The van der Waals surface area contributed by atoms with Crippen molar-refractivity contribution < 1.29 is 4.42 Å². The highest BCUT2D eigenvalue weighted by molar-refractivity contribution is 5.74. The third-order valence-electron chi connectivity index (χ3n) is 2.17. The largest absolute Gasteiger partial charge is 0.424 e. The lowest BCUT2D eigenvalue weighted by molar-refractivity contribution is 0.604. The number of nitrogens with two attached hydrogens (primary N) is 1. The number of anilines is 1. The summed E-state index contributed by atoms with van der Waals surface area (Å²) in [4.78, 5) is 4.29. The molecule has 0 aliphatic rings. The summed E-state index contributed by atoms with van der Waals surface area (Å²) >= 11 is 0. The van der Waals surface area contributed by atoms with Gasteiger partial charge >= 0.3 is 0 Å². The van der Waals surface area contributed by atoms with Crippen molar-refractivity contribution in [3.05, 3.63) is 24.3 Å². The van der Waals surface area contributed by atoms with Crippen LogP contribution in [0.2, 0.25) is 0 Å². The second kappa shape index (κ2) is 4.31. The SMILES string of the molecule is CC(N)CCNc1nc2ccccc2o1.